The van der Waals surface area contributed by atoms with Crippen molar-refractivity contribution in [1.82, 2.24) is 9.21 Å². The zero-order chi connectivity index (χ0) is 13.4. The van der Waals surface area contributed by atoms with E-state index in [1.807, 2.05) is 7.05 Å². The van der Waals surface area contributed by atoms with E-state index >= 15 is 0 Å². The predicted molar refractivity (Wildman–Crippen MR) is 69.6 cm³/mol. The third kappa shape index (κ3) is 2.28. The van der Waals surface area contributed by atoms with E-state index < -0.39 is 10.0 Å². The summed E-state index contributed by atoms with van der Waals surface area (Å²) in [6.07, 6.45) is 4.16. The van der Waals surface area contributed by atoms with Crippen LogP contribution in [0.3, 0.4) is 0 Å². The van der Waals surface area contributed by atoms with E-state index in [1.54, 1.807) is 16.1 Å². The van der Waals surface area contributed by atoms with Crippen molar-refractivity contribution in [2.24, 2.45) is 0 Å². The van der Waals surface area contributed by atoms with Gasteiger partial charge < -0.3 is 4.90 Å². The maximum absolute atomic E-state index is 12.0. The van der Waals surface area contributed by atoms with Gasteiger partial charge in [-0.15, -0.1) is 0 Å². The Hall–Kier alpha value is -0.620. The summed E-state index contributed by atoms with van der Waals surface area (Å²) in [6, 6.07) is 0. The average Bonchev–Trinajstić information content (AvgIpc) is 2.36. The van der Waals surface area contributed by atoms with Crippen molar-refractivity contribution < 1.29 is 13.2 Å². The summed E-state index contributed by atoms with van der Waals surface area (Å²) in [5.41, 5.74) is -0.254. The quantitative estimate of drug-likeness (QED) is 0.749. The molecule has 0 bridgehead atoms. The van der Waals surface area contributed by atoms with Crippen LogP contribution < -0.4 is 0 Å². The Morgan fingerprint density at radius 1 is 1.28 bits per heavy atom. The molecule has 0 aromatic heterocycles. The molecule has 2 heterocycles. The highest BCUT2D eigenvalue weighted by atomic mass is 32.2. The minimum Gasteiger partial charge on any atom is -0.339 e. The first kappa shape index (κ1) is 13.8. The van der Waals surface area contributed by atoms with E-state index in [1.165, 1.54) is 0 Å². The summed E-state index contributed by atoms with van der Waals surface area (Å²) in [5.74, 6) is 0.290. The summed E-state index contributed by atoms with van der Waals surface area (Å²) in [6.45, 7) is 2.75. The zero-order valence-corrected chi connectivity index (χ0v) is 12.0. The van der Waals surface area contributed by atoms with E-state index in [0.717, 1.165) is 25.7 Å². The second kappa shape index (κ2) is 4.81. The number of piperidine rings is 2. The van der Waals surface area contributed by atoms with Crippen LogP contribution in [0.4, 0.5) is 0 Å². The summed E-state index contributed by atoms with van der Waals surface area (Å²) in [5, 5.41) is 0. The van der Waals surface area contributed by atoms with Gasteiger partial charge in [0.05, 0.1) is 11.3 Å². The number of sulfonamides is 1. The monoisotopic (exact) mass is 274 g/mol. The van der Waals surface area contributed by atoms with Crippen LogP contribution in [0.15, 0.2) is 0 Å². The highest BCUT2D eigenvalue weighted by Crippen LogP contribution is 2.36. The Morgan fingerprint density at radius 3 is 2.61 bits per heavy atom. The lowest BCUT2D eigenvalue weighted by Crippen LogP contribution is -2.61. The van der Waals surface area contributed by atoms with Gasteiger partial charge in [0.25, 0.3) is 0 Å². The molecule has 2 aliphatic heterocycles. The van der Waals surface area contributed by atoms with Crippen LogP contribution >= 0.6 is 0 Å². The molecule has 0 radical (unpaired) electrons. The minimum atomic E-state index is -3.14. The molecular weight excluding hydrogens is 252 g/mol. The third-order valence-corrected chi connectivity index (χ3v) is 6.22. The number of hydrogen-bond acceptors (Lipinski definition) is 3. The van der Waals surface area contributed by atoms with Gasteiger partial charge in [-0.05, 0) is 32.6 Å². The van der Waals surface area contributed by atoms with Crippen LogP contribution in [0.5, 0.6) is 0 Å². The molecule has 0 aromatic carbocycles. The van der Waals surface area contributed by atoms with Crippen LogP contribution in [0.1, 0.15) is 39.0 Å². The minimum absolute atomic E-state index is 0.140. The number of amides is 1. The lowest BCUT2D eigenvalue weighted by molar-refractivity contribution is -0.141. The lowest BCUT2D eigenvalue weighted by Gasteiger charge is -2.50. The fourth-order valence-electron chi connectivity index (χ4n) is 3.14. The number of likely N-dealkylation sites (N-methyl/N-ethyl adjacent to an activating group) is 1. The fourth-order valence-corrected chi connectivity index (χ4v) is 4.35. The van der Waals surface area contributed by atoms with Crippen molar-refractivity contribution in [3.8, 4) is 0 Å². The van der Waals surface area contributed by atoms with Crippen molar-refractivity contribution in [2.75, 3.05) is 25.9 Å². The van der Waals surface area contributed by atoms with Gasteiger partial charge in [0.2, 0.25) is 15.9 Å². The Labute approximate surface area is 109 Å². The maximum Gasteiger partial charge on any atom is 0.222 e. The number of rotatable bonds is 2. The van der Waals surface area contributed by atoms with Crippen LogP contribution in [-0.4, -0.2) is 55.0 Å². The molecule has 6 heteroatoms. The molecule has 2 aliphatic rings. The molecule has 18 heavy (non-hydrogen) atoms. The fraction of sp³-hybridized carbons (Fsp3) is 0.917. The number of nitrogens with zero attached hydrogens (tertiary/aromatic N) is 2. The number of carbonyl (C=O) groups is 1. The highest BCUT2D eigenvalue weighted by molar-refractivity contribution is 7.89. The van der Waals surface area contributed by atoms with Gasteiger partial charge >= 0.3 is 0 Å². The molecule has 2 saturated heterocycles. The summed E-state index contributed by atoms with van der Waals surface area (Å²) < 4.78 is 25.6. The molecule has 0 N–H and O–H groups in total. The zero-order valence-electron chi connectivity index (χ0n) is 11.2. The van der Waals surface area contributed by atoms with Gasteiger partial charge in [-0.1, -0.05) is 0 Å². The first-order chi connectivity index (χ1) is 8.41. The van der Waals surface area contributed by atoms with Gasteiger partial charge in [0.1, 0.15) is 0 Å². The maximum atomic E-state index is 12.0. The average molecular weight is 274 g/mol. The Balaban J connectivity index is 2.22. The normalized spacial score (nSPS) is 31.0. The second-order valence-corrected chi connectivity index (χ2v) is 7.63. The molecule has 0 aliphatic carbocycles. The topological polar surface area (TPSA) is 57.7 Å². The molecule has 0 saturated carbocycles. The molecule has 1 amide bonds. The number of hydrogen-bond donors (Lipinski definition) is 0. The third-order valence-electron chi connectivity index (χ3n) is 4.40. The molecular formula is C12H22N2O3S. The molecule has 1 atom stereocenters. The molecule has 5 nitrogen and oxygen atoms in total. The molecule has 1 spiro atoms. The lowest BCUT2D eigenvalue weighted by atomic mass is 9.81. The van der Waals surface area contributed by atoms with Crippen molar-refractivity contribution in [3.05, 3.63) is 0 Å². The van der Waals surface area contributed by atoms with Crippen LogP contribution in [-0.2, 0) is 14.8 Å². The van der Waals surface area contributed by atoms with E-state index in [9.17, 15) is 13.2 Å². The van der Waals surface area contributed by atoms with Gasteiger partial charge in [-0.3, -0.25) is 4.79 Å². The Morgan fingerprint density at radius 2 is 1.94 bits per heavy atom. The van der Waals surface area contributed by atoms with Crippen molar-refractivity contribution in [3.63, 3.8) is 0 Å². The standard InChI is InChI=1S/C12H22N2O3S/c1-3-18(16,17)14-9-5-8-12(10-14)7-4-6-11(15)13(12)2/h3-10H2,1-2H3/t12-/m1/s1. The number of carbonyl (C=O) groups excluding carboxylic acids is 1. The van der Waals surface area contributed by atoms with Gasteiger partial charge in [0.15, 0.2) is 0 Å². The predicted octanol–water partition coefficient (Wildman–Crippen LogP) is 0.813. The molecule has 0 aromatic rings. The Kier molecular flexibility index (Phi) is 3.69. The second-order valence-electron chi connectivity index (χ2n) is 5.37. The van der Waals surface area contributed by atoms with Crippen molar-refractivity contribution >= 4 is 15.9 Å². The Bertz CT molecular complexity index is 431. The summed E-state index contributed by atoms with van der Waals surface area (Å²) >= 11 is 0. The van der Waals surface area contributed by atoms with Crippen LogP contribution in [0, 0.1) is 0 Å². The van der Waals surface area contributed by atoms with E-state index in [-0.39, 0.29) is 17.2 Å². The molecule has 2 fully saturated rings. The van der Waals surface area contributed by atoms with Gasteiger partial charge in [-0.2, -0.15) is 4.31 Å². The first-order valence-corrected chi connectivity index (χ1v) is 8.27. The van der Waals surface area contributed by atoms with Gasteiger partial charge in [0, 0.05) is 26.6 Å². The molecule has 2 rings (SSSR count). The van der Waals surface area contributed by atoms with E-state index in [4.69, 9.17) is 0 Å². The van der Waals surface area contributed by atoms with Crippen molar-refractivity contribution in [1.29, 1.82) is 0 Å². The summed E-state index contributed by atoms with van der Waals surface area (Å²) in [4.78, 5) is 13.7. The smallest absolute Gasteiger partial charge is 0.222 e. The van der Waals surface area contributed by atoms with Crippen LogP contribution in [0.25, 0.3) is 0 Å². The molecule has 0 unspecified atom stereocenters. The van der Waals surface area contributed by atoms with Gasteiger partial charge in [-0.25, -0.2) is 8.42 Å². The van der Waals surface area contributed by atoms with Crippen LogP contribution in [0.2, 0.25) is 0 Å². The highest BCUT2D eigenvalue weighted by Gasteiger charge is 2.45. The SMILES string of the molecule is CCS(=O)(=O)N1CCC[C@]2(CCCC(=O)N2C)C1. The van der Waals surface area contributed by atoms with E-state index in [2.05, 4.69) is 0 Å². The number of likely N-dealkylation sites (tertiary alicyclic amines) is 1. The largest absolute Gasteiger partial charge is 0.339 e. The summed E-state index contributed by atoms with van der Waals surface area (Å²) in [7, 11) is -1.32. The first-order valence-electron chi connectivity index (χ1n) is 6.66. The van der Waals surface area contributed by atoms with Crippen molar-refractivity contribution in [2.45, 2.75) is 44.6 Å². The molecule has 104 valence electrons. The van der Waals surface area contributed by atoms with E-state index in [0.29, 0.717) is 19.5 Å².